The molecule has 122 valence electrons. The lowest BCUT2D eigenvalue weighted by Gasteiger charge is -2.32. The zero-order valence-electron chi connectivity index (χ0n) is 12.8. The molecule has 23 heavy (non-hydrogen) atoms. The van der Waals surface area contributed by atoms with Gasteiger partial charge in [0.25, 0.3) is 5.91 Å². The average molecular weight is 319 g/mol. The lowest BCUT2D eigenvalue weighted by molar-refractivity contribution is 0.0636. The van der Waals surface area contributed by atoms with E-state index in [1.54, 1.807) is 17.0 Å². The van der Waals surface area contributed by atoms with Crippen LogP contribution in [0.5, 0.6) is 0 Å². The van der Waals surface area contributed by atoms with Crippen LogP contribution in [-0.4, -0.2) is 23.9 Å². The molecule has 1 amide bonds. The monoisotopic (exact) mass is 319 g/mol. The molecule has 0 spiro atoms. The highest BCUT2D eigenvalue weighted by atomic mass is 19.1. The van der Waals surface area contributed by atoms with Crippen molar-refractivity contribution in [1.29, 1.82) is 0 Å². The molecule has 0 bridgehead atoms. The van der Waals surface area contributed by atoms with Gasteiger partial charge in [-0.3, -0.25) is 4.79 Å². The molecule has 0 radical (unpaired) electrons. The van der Waals surface area contributed by atoms with Crippen molar-refractivity contribution >= 4 is 5.91 Å². The number of rotatable bonds is 4. The lowest BCUT2D eigenvalue weighted by Crippen LogP contribution is -2.39. The van der Waals surface area contributed by atoms with Crippen molar-refractivity contribution in [2.45, 2.75) is 25.7 Å². The molecule has 3 rings (SSSR count). The van der Waals surface area contributed by atoms with Crippen LogP contribution in [0.3, 0.4) is 0 Å². The first-order valence-electron chi connectivity index (χ1n) is 7.91. The summed E-state index contributed by atoms with van der Waals surface area (Å²) >= 11 is 0. The van der Waals surface area contributed by atoms with Crippen molar-refractivity contribution in [2.75, 3.05) is 13.1 Å². The standard InChI is InChI=1S/C18H19F2NO2/c19-15-5-1-6-16(20)14(15)9-8-13-4-2-10-21(12-13)18(22)17-7-3-11-23-17/h1,3,5-7,11,13H,2,4,8-10,12H2/t13-/m1/s1. The molecule has 1 aromatic heterocycles. The molecule has 1 fully saturated rings. The summed E-state index contributed by atoms with van der Waals surface area (Å²) in [5.74, 6) is -0.516. The normalized spacial score (nSPS) is 18.2. The predicted octanol–water partition coefficient (Wildman–Crippen LogP) is 4.04. The number of piperidine rings is 1. The van der Waals surface area contributed by atoms with Gasteiger partial charge in [-0.2, -0.15) is 0 Å². The summed E-state index contributed by atoms with van der Waals surface area (Å²) in [7, 11) is 0. The number of nitrogens with zero attached hydrogens (tertiary/aromatic N) is 1. The Hall–Kier alpha value is -2.17. The van der Waals surface area contributed by atoms with Crippen LogP contribution in [0.4, 0.5) is 8.78 Å². The Morgan fingerprint density at radius 2 is 2.00 bits per heavy atom. The van der Waals surface area contributed by atoms with Gasteiger partial charge in [0.1, 0.15) is 11.6 Å². The van der Waals surface area contributed by atoms with Crippen molar-refractivity contribution in [3.63, 3.8) is 0 Å². The molecular weight excluding hydrogens is 300 g/mol. The van der Waals surface area contributed by atoms with Crippen molar-refractivity contribution < 1.29 is 18.0 Å². The largest absolute Gasteiger partial charge is 0.459 e. The summed E-state index contributed by atoms with van der Waals surface area (Å²) < 4.78 is 32.5. The maximum Gasteiger partial charge on any atom is 0.289 e. The van der Waals surface area contributed by atoms with Crippen molar-refractivity contribution in [2.24, 2.45) is 5.92 Å². The summed E-state index contributed by atoms with van der Waals surface area (Å²) in [5, 5.41) is 0. The minimum absolute atomic E-state index is 0.114. The topological polar surface area (TPSA) is 33.5 Å². The Kier molecular flexibility index (Phi) is 4.74. The van der Waals surface area contributed by atoms with Gasteiger partial charge in [0.15, 0.2) is 5.76 Å². The van der Waals surface area contributed by atoms with Gasteiger partial charge in [-0.25, -0.2) is 8.78 Å². The van der Waals surface area contributed by atoms with Crippen LogP contribution in [-0.2, 0) is 6.42 Å². The summed E-state index contributed by atoms with van der Waals surface area (Å²) in [5.41, 5.74) is 0.141. The van der Waals surface area contributed by atoms with E-state index in [2.05, 4.69) is 0 Å². The molecule has 3 nitrogen and oxygen atoms in total. The van der Waals surface area contributed by atoms with E-state index in [-0.39, 0.29) is 17.4 Å². The number of amides is 1. The second-order valence-corrected chi connectivity index (χ2v) is 5.98. The van der Waals surface area contributed by atoms with E-state index >= 15 is 0 Å². The fourth-order valence-corrected chi connectivity index (χ4v) is 3.16. The first-order chi connectivity index (χ1) is 11.1. The first kappa shape index (κ1) is 15.7. The number of furan rings is 1. The van der Waals surface area contributed by atoms with E-state index in [0.717, 1.165) is 12.8 Å². The third-order valence-electron chi connectivity index (χ3n) is 4.40. The van der Waals surface area contributed by atoms with Crippen LogP contribution in [0.1, 0.15) is 35.4 Å². The number of likely N-dealkylation sites (tertiary alicyclic amines) is 1. The molecule has 1 saturated heterocycles. The summed E-state index contributed by atoms with van der Waals surface area (Å²) in [6.07, 6.45) is 4.37. The molecule has 1 atom stereocenters. The van der Waals surface area contributed by atoms with E-state index < -0.39 is 11.6 Å². The summed E-state index contributed by atoms with van der Waals surface area (Å²) in [6, 6.07) is 7.28. The number of hydrogen-bond donors (Lipinski definition) is 0. The van der Waals surface area contributed by atoms with Gasteiger partial charge in [0.2, 0.25) is 0 Å². The molecule has 0 aliphatic carbocycles. The Bertz CT molecular complexity index is 649. The third kappa shape index (κ3) is 3.60. The Morgan fingerprint density at radius 1 is 1.22 bits per heavy atom. The predicted molar refractivity (Wildman–Crippen MR) is 82.0 cm³/mol. The number of benzene rings is 1. The minimum Gasteiger partial charge on any atom is -0.459 e. The molecule has 0 unspecified atom stereocenters. The highest BCUT2D eigenvalue weighted by Crippen LogP contribution is 2.24. The molecule has 1 aliphatic heterocycles. The number of carbonyl (C=O) groups is 1. The van der Waals surface area contributed by atoms with Crippen LogP contribution in [0.15, 0.2) is 41.0 Å². The number of halogens is 2. The second kappa shape index (κ2) is 6.94. The van der Waals surface area contributed by atoms with Crippen LogP contribution in [0.2, 0.25) is 0 Å². The number of carbonyl (C=O) groups excluding carboxylic acids is 1. The van der Waals surface area contributed by atoms with Gasteiger partial charge in [0, 0.05) is 18.7 Å². The fraction of sp³-hybridized carbons (Fsp3) is 0.389. The van der Waals surface area contributed by atoms with E-state index in [1.807, 2.05) is 0 Å². The molecule has 2 heterocycles. The van der Waals surface area contributed by atoms with Crippen LogP contribution < -0.4 is 0 Å². The quantitative estimate of drug-likeness (QED) is 0.852. The smallest absolute Gasteiger partial charge is 0.289 e. The maximum atomic E-state index is 13.7. The Labute approximate surface area is 133 Å². The average Bonchev–Trinajstić information content (AvgIpc) is 3.08. The maximum absolute atomic E-state index is 13.7. The minimum atomic E-state index is -0.496. The lowest BCUT2D eigenvalue weighted by atomic mass is 9.91. The molecule has 2 aromatic rings. The van der Waals surface area contributed by atoms with Crippen molar-refractivity contribution in [1.82, 2.24) is 4.90 Å². The zero-order chi connectivity index (χ0) is 16.2. The Balaban J connectivity index is 1.60. The van der Waals surface area contributed by atoms with Gasteiger partial charge >= 0.3 is 0 Å². The van der Waals surface area contributed by atoms with Gasteiger partial charge in [-0.15, -0.1) is 0 Å². The van der Waals surface area contributed by atoms with Crippen LogP contribution >= 0.6 is 0 Å². The third-order valence-corrected chi connectivity index (χ3v) is 4.40. The number of hydrogen-bond acceptors (Lipinski definition) is 2. The highest BCUT2D eigenvalue weighted by molar-refractivity contribution is 5.91. The Morgan fingerprint density at radius 3 is 2.70 bits per heavy atom. The zero-order valence-corrected chi connectivity index (χ0v) is 12.8. The van der Waals surface area contributed by atoms with E-state index in [9.17, 15) is 13.6 Å². The molecule has 0 N–H and O–H groups in total. The summed E-state index contributed by atoms with van der Waals surface area (Å²) in [6.45, 7) is 1.31. The van der Waals surface area contributed by atoms with Gasteiger partial charge in [0.05, 0.1) is 6.26 Å². The summed E-state index contributed by atoms with van der Waals surface area (Å²) in [4.78, 5) is 14.1. The van der Waals surface area contributed by atoms with E-state index in [4.69, 9.17) is 4.42 Å². The first-order valence-corrected chi connectivity index (χ1v) is 7.91. The fourth-order valence-electron chi connectivity index (χ4n) is 3.16. The van der Waals surface area contributed by atoms with Crippen LogP contribution in [0.25, 0.3) is 0 Å². The molecule has 0 saturated carbocycles. The molecule has 1 aromatic carbocycles. The highest BCUT2D eigenvalue weighted by Gasteiger charge is 2.26. The van der Waals surface area contributed by atoms with Gasteiger partial charge in [-0.1, -0.05) is 6.07 Å². The van der Waals surface area contributed by atoms with Crippen LogP contribution in [0, 0.1) is 17.6 Å². The van der Waals surface area contributed by atoms with Crippen molar-refractivity contribution in [3.8, 4) is 0 Å². The molecular formula is C18H19F2NO2. The van der Waals surface area contributed by atoms with E-state index in [0.29, 0.717) is 31.7 Å². The molecule has 5 heteroatoms. The molecule has 1 aliphatic rings. The SMILES string of the molecule is O=C(c1ccco1)N1CCC[C@H](CCc2c(F)cccc2F)C1. The van der Waals surface area contributed by atoms with E-state index in [1.165, 1.54) is 24.5 Å². The second-order valence-electron chi connectivity index (χ2n) is 5.98. The van der Waals surface area contributed by atoms with Gasteiger partial charge < -0.3 is 9.32 Å². The van der Waals surface area contributed by atoms with Gasteiger partial charge in [-0.05, 0) is 55.9 Å². The van der Waals surface area contributed by atoms with Crippen molar-refractivity contribution in [3.05, 3.63) is 59.6 Å².